The van der Waals surface area contributed by atoms with E-state index in [9.17, 15) is 9.59 Å². The number of carbonyl (C=O) groups is 2. The molecule has 1 atom stereocenters. The van der Waals surface area contributed by atoms with Crippen LogP contribution in [0.1, 0.15) is 27.2 Å². The second kappa shape index (κ2) is 4.44. The molecule has 1 saturated heterocycles. The number of hydrogen-bond donors (Lipinski definition) is 0. The number of amides is 2. The van der Waals surface area contributed by atoms with E-state index < -0.39 is 6.09 Å². The van der Waals surface area contributed by atoms with Gasteiger partial charge in [0, 0.05) is 6.54 Å². The Morgan fingerprint density at radius 2 is 2.29 bits per heavy atom. The average molecular weight is 199 g/mol. The van der Waals surface area contributed by atoms with Crippen LogP contribution < -0.4 is 0 Å². The van der Waals surface area contributed by atoms with Crippen LogP contribution in [0, 0.1) is 11.8 Å². The van der Waals surface area contributed by atoms with Gasteiger partial charge in [0.2, 0.25) is 5.91 Å². The second-order valence-corrected chi connectivity index (χ2v) is 3.91. The van der Waals surface area contributed by atoms with Crippen LogP contribution in [0.2, 0.25) is 0 Å². The Morgan fingerprint density at radius 3 is 2.71 bits per heavy atom. The Balaban J connectivity index is 2.36. The maximum Gasteiger partial charge on any atom is 0.416 e. The molecular weight excluding hydrogens is 182 g/mol. The summed E-state index contributed by atoms with van der Waals surface area (Å²) in [6.07, 6.45) is 0.287. The first-order valence-corrected chi connectivity index (χ1v) is 5.06. The van der Waals surface area contributed by atoms with Crippen molar-refractivity contribution in [3.8, 4) is 0 Å². The van der Waals surface area contributed by atoms with Crippen LogP contribution >= 0.6 is 0 Å². The van der Waals surface area contributed by atoms with Gasteiger partial charge in [0.25, 0.3) is 0 Å². The van der Waals surface area contributed by atoms with Gasteiger partial charge in [0.05, 0.1) is 12.5 Å². The summed E-state index contributed by atoms with van der Waals surface area (Å²) in [4.78, 5) is 23.9. The summed E-state index contributed by atoms with van der Waals surface area (Å²) in [7, 11) is 0. The Hall–Kier alpha value is -1.06. The van der Waals surface area contributed by atoms with Gasteiger partial charge in [-0.3, -0.25) is 4.79 Å². The van der Waals surface area contributed by atoms with Crippen LogP contribution in [0.15, 0.2) is 0 Å². The van der Waals surface area contributed by atoms with E-state index in [0.717, 1.165) is 6.42 Å². The molecule has 80 valence electrons. The summed E-state index contributed by atoms with van der Waals surface area (Å²) >= 11 is 0. The largest absolute Gasteiger partial charge is 0.449 e. The van der Waals surface area contributed by atoms with E-state index in [0.29, 0.717) is 19.1 Å². The van der Waals surface area contributed by atoms with Crippen LogP contribution in [-0.4, -0.2) is 30.1 Å². The van der Waals surface area contributed by atoms with Crippen molar-refractivity contribution in [3.63, 3.8) is 0 Å². The van der Waals surface area contributed by atoms with Crippen molar-refractivity contribution in [3.05, 3.63) is 0 Å². The predicted molar refractivity (Wildman–Crippen MR) is 51.7 cm³/mol. The fourth-order valence-corrected chi connectivity index (χ4v) is 1.38. The lowest BCUT2D eigenvalue weighted by molar-refractivity contribution is -0.147. The molecule has 1 rings (SSSR count). The monoisotopic (exact) mass is 199 g/mol. The number of β-lactam (4-membered cyclic amide) rings is 1. The molecule has 0 spiro atoms. The Kier molecular flexibility index (Phi) is 3.49. The summed E-state index contributed by atoms with van der Waals surface area (Å²) in [5, 5.41) is 0. The third-order valence-corrected chi connectivity index (χ3v) is 2.42. The van der Waals surface area contributed by atoms with Gasteiger partial charge in [-0.1, -0.05) is 20.8 Å². The molecule has 14 heavy (non-hydrogen) atoms. The number of imide groups is 1. The molecular formula is C10H17NO3. The maximum absolute atomic E-state index is 11.4. The zero-order valence-corrected chi connectivity index (χ0v) is 8.95. The van der Waals surface area contributed by atoms with E-state index in [1.165, 1.54) is 4.90 Å². The molecule has 4 heteroatoms. The first kappa shape index (κ1) is 11.0. The molecule has 0 N–H and O–H groups in total. The minimum Gasteiger partial charge on any atom is -0.449 e. The molecule has 1 fully saturated rings. The number of ether oxygens (including phenoxy) is 1. The summed E-state index contributed by atoms with van der Waals surface area (Å²) < 4.78 is 4.86. The average Bonchev–Trinajstić information content (AvgIpc) is 2.11. The molecule has 1 aliphatic heterocycles. The minimum atomic E-state index is -0.492. The number of hydrogen-bond acceptors (Lipinski definition) is 3. The van der Waals surface area contributed by atoms with Gasteiger partial charge in [0.1, 0.15) is 0 Å². The van der Waals surface area contributed by atoms with Crippen molar-refractivity contribution in [1.29, 1.82) is 0 Å². The summed E-state index contributed by atoms with van der Waals surface area (Å²) in [6, 6.07) is 0. The van der Waals surface area contributed by atoms with Crippen molar-refractivity contribution in [2.24, 2.45) is 11.8 Å². The molecule has 4 nitrogen and oxygen atoms in total. The third kappa shape index (κ3) is 2.05. The van der Waals surface area contributed by atoms with Crippen molar-refractivity contribution in [2.45, 2.75) is 27.2 Å². The van der Waals surface area contributed by atoms with Crippen LogP contribution in [0.4, 0.5) is 4.79 Å². The lowest BCUT2D eigenvalue weighted by Crippen LogP contribution is -2.57. The zero-order valence-electron chi connectivity index (χ0n) is 8.95. The highest BCUT2D eigenvalue weighted by Gasteiger charge is 2.43. The predicted octanol–water partition coefficient (Wildman–Crippen LogP) is 1.65. The topological polar surface area (TPSA) is 46.6 Å². The van der Waals surface area contributed by atoms with Crippen molar-refractivity contribution >= 4 is 12.0 Å². The lowest BCUT2D eigenvalue weighted by atomic mass is 9.88. The number of carbonyl (C=O) groups excluding carboxylic acids is 2. The first-order chi connectivity index (χ1) is 6.57. The van der Waals surface area contributed by atoms with Gasteiger partial charge in [-0.05, 0) is 12.3 Å². The van der Waals surface area contributed by atoms with E-state index in [1.807, 2.05) is 20.8 Å². The normalized spacial score (nSPS) is 21.0. The Bertz CT molecular complexity index is 238. The number of likely N-dealkylation sites (tertiary alicyclic amines) is 1. The van der Waals surface area contributed by atoms with Crippen molar-refractivity contribution in [2.75, 3.05) is 13.2 Å². The number of nitrogens with zero attached hydrogens (tertiary/aromatic N) is 1. The van der Waals surface area contributed by atoms with Crippen LogP contribution in [0.3, 0.4) is 0 Å². The van der Waals surface area contributed by atoms with E-state index >= 15 is 0 Å². The molecule has 1 aliphatic rings. The van der Waals surface area contributed by atoms with E-state index in [4.69, 9.17) is 4.74 Å². The maximum atomic E-state index is 11.4. The highest BCUT2D eigenvalue weighted by Crippen LogP contribution is 2.25. The van der Waals surface area contributed by atoms with Gasteiger partial charge in [-0.15, -0.1) is 0 Å². The van der Waals surface area contributed by atoms with E-state index in [2.05, 4.69) is 0 Å². The summed E-state index contributed by atoms with van der Waals surface area (Å²) in [5.74, 6) is 0.211. The second-order valence-electron chi connectivity index (χ2n) is 3.91. The summed E-state index contributed by atoms with van der Waals surface area (Å²) in [6.45, 7) is 6.78. The van der Waals surface area contributed by atoms with Gasteiger partial charge in [-0.25, -0.2) is 9.69 Å². The van der Waals surface area contributed by atoms with Gasteiger partial charge in [-0.2, -0.15) is 0 Å². The highest BCUT2D eigenvalue weighted by atomic mass is 16.6. The SMILES string of the molecule is CCCOC(=O)N1C[C@@H](C(C)C)C1=O. The van der Waals surface area contributed by atoms with Crippen LogP contribution in [0.25, 0.3) is 0 Å². The fraction of sp³-hybridized carbons (Fsp3) is 0.800. The molecule has 0 unspecified atom stereocenters. The first-order valence-electron chi connectivity index (χ1n) is 5.06. The highest BCUT2D eigenvalue weighted by molar-refractivity contribution is 5.98. The molecule has 2 amide bonds. The molecule has 0 aromatic rings. The molecule has 0 radical (unpaired) electrons. The smallest absolute Gasteiger partial charge is 0.416 e. The fourth-order valence-electron chi connectivity index (χ4n) is 1.38. The molecule has 0 bridgehead atoms. The van der Waals surface area contributed by atoms with Gasteiger partial charge in [0.15, 0.2) is 0 Å². The standard InChI is InChI=1S/C10H17NO3/c1-4-5-14-10(13)11-6-8(7(2)3)9(11)12/h7-8H,4-6H2,1-3H3/t8-/m0/s1. The molecule has 0 aromatic carbocycles. The number of rotatable bonds is 3. The zero-order chi connectivity index (χ0) is 10.7. The lowest BCUT2D eigenvalue weighted by Gasteiger charge is -2.37. The Morgan fingerprint density at radius 1 is 1.64 bits per heavy atom. The van der Waals surface area contributed by atoms with Gasteiger partial charge >= 0.3 is 6.09 Å². The van der Waals surface area contributed by atoms with Crippen LogP contribution in [-0.2, 0) is 9.53 Å². The minimum absolute atomic E-state index is 0.00387. The Labute approximate surface area is 84.2 Å². The van der Waals surface area contributed by atoms with E-state index in [-0.39, 0.29) is 11.8 Å². The molecule has 0 aliphatic carbocycles. The van der Waals surface area contributed by atoms with Crippen molar-refractivity contribution in [1.82, 2.24) is 4.90 Å². The van der Waals surface area contributed by atoms with Crippen LogP contribution in [0.5, 0.6) is 0 Å². The van der Waals surface area contributed by atoms with E-state index in [1.54, 1.807) is 0 Å². The van der Waals surface area contributed by atoms with Crippen molar-refractivity contribution < 1.29 is 14.3 Å². The summed E-state index contributed by atoms with van der Waals surface area (Å²) in [5.41, 5.74) is 0. The third-order valence-electron chi connectivity index (χ3n) is 2.42. The molecule has 0 aromatic heterocycles. The van der Waals surface area contributed by atoms with Gasteiger partial charge < -0.3 is 4.74 Å². The molecule has 1 heterocycles. The molecule has 0 saturated carbocycles. The quantitative estimate of drug-likeness (QED) is 0.649.